The number of carbonyl (C=O) groups excluding carboxylic acids is 2. The van der Waals surface area contributed by atoms with Gasteiger partial charge in [0, 0.05) is 0 Å². The summed E-state index contributed by atoms with van der Waals surface area (Å²) in [6, 6.07) is 6.84. The maximum absolute atomic E-state index is 12.1. The van der Waals surface area contributed by atoms with Gasteiger partial charge >= 0.3 is 11.9 Å². The van der Waals surface area contributed by atoms with Crippen LogP contribution < -0.4 is 9.47 Å². The summed E-state index contributed by atoms with van der Waals surface area (Å²) in [6.45, 7) is 5.82. The SMILES string of the molecule is COc1ccc(OCC(=O)OCC(=O)O[C@@H]2C[C@H](C)CC[C@@H]2C(C)C)cc1. The third kappa shape index (κ3) is 6.77. The summed E-state index contributed by atoms with van der Waals surface area (Å²) in [5.74, 6) is 1.46. The van der Waals surface area contributed by atoms with Crippen molar-refractivity contribution < 1.29 is 28.5 Å². The number of rotatable bonds is 8. The molecule has 0 aliphatic heterocycles. The second kappa shape index (κ2) is 10.2. The van der Waals surface area contributed by atoms with Crippen LogP contribution in [0, 0.1) is 17.8 Å². The number of benzene rings is 1. The zero-order valence-electron chi connectivity index (χ0n) is 16.6. The van der Waals surface area contributed by atoms with Crippen molar-refractivity contribution in [2.45, 2.75) is 46.1 Å². The Hall–Kier alpha value is -2.24. The lowest BCUT2D eigenvalue weighted by atomic mass is 9.75. The zero-order valence-corrected chi connectivity index (χ0v) is 16.6. The molecule has 2 rings (SSSR count). The third-order valence-corrected chi connectivity index (χ3v) is 5.01. The van der Waals surface area contributed by atoms with Gasteiger partial charge in [-0.1, -0.05) is 27.2 Å². The first kappa shape index (κ1) is 21.1. The van der Waals surface area contributed by atoms with Crippen LogP contribution in [0.2, 0.25) is 0 Å². The molecule has 1 aromatic rings. The van der Waals surface area contributed by atoms with E-state index < -0.39 is 11.9 Å². The molecule has 0 aromatic heterocycles. The number of hydrogen-bond acceptors (Lipinski definition) is 6. The summed E-state index contributed by atoms with van der Waals surface area (Å²) < 4.78 is 21.0. The van der Waals surface area contributed by atoms with Gasteiger partial charge < -0.3 is 18.9 Å². The number of hydrogen-bond donors (Lipinski definition) is 0. The van der Waals surface area contributed by atoms with Gasteiger partial charge in [-0.05, 0) is 54.9 Å². The lowest BCUT2D eigenvalue weighted by molar-refractivity contribution is -0.167. The molecule has 150 valence electrons. The quantitative estimate of drug-likeness (QED) is 0.644. The molecule has 0 heterocycles. The minimum atomic E-state index is -0.611. The van der Waals surface area contributed by atoms with E-state index in [2.05, 4.69) is 20.8 Å². The Kier molecular flexibility index (Phi) is 7.95. The Morgan fingerprint density at radius 2 is 1.70 bits per heavy atom. The Balaban J connectivity index is 1.72. The van der Waals surface area contributed by atoms with Gasteiger partial charge in [-0.2, -0.15) is 0 Å². The largest absolute Gasteiger partial charge is 0.497 e. The van der Waals surface area contributed by atoms with Crippen LogP contribution in [0.1, 0.15) is 40.0 Å². The maximum atomic E-state index is 12.1. The second-order valence-electron chi connectivity index (χ2n) is 7.48. The average Bonchev–Trinajstić information content (AvgIpc) is 2.65. The summed E-state index contributed by atoms with van der Waals surface area (Å²) in [6.07, 6.45) is 2.99. The Morgan fingerprint density at radius 3 is 2.33 bits per heavy atom. The highest BCUT2D eigenvalue weighted by molar-refractivity contribution is 5.77. The van der Waals surface area contributed by atoms with E-state index in [1.54, 1.807) is 31.4 Å². The van der Waals surface area contributed by atoms with Gasteiger partial charge in [0.1, 0.15) is 17.6 Å². The molecule has 3 atom stereocenters. The molecule has 6 nitrogen and oxygen atoms in total. The van der Waals surface area contributed by atoms with Crippen LogP contribution >= 0.6 is 0 Å². The zero-order chi connectivity index (χ0) is 19.8. The van der Waals surface area contributed by atoms with Crippen molar-refractivity contribution in [3.05, 3.63) is 24.3 Å². The van der Waals surface area contributed by atoms with Crippen molar-refractivity contribution in [2.24, 2.45) is 17.8 Å². The monoisotopic (exact) mass is 378 g/mol. The molecule has 0 N–H and O–H groups in total. The number of esters is 2. The lowest BCUT2D eigenvalue weighted by Crippen LogP contribution is -2.37. The highest BCUT2D eigenvalue weighted by Crippen LogP contribution is 2.35. The first-order chi connectivity index (χ1) is 12.9. The van der Waals surface area contributed by atoms with Crippen LogP contribution in [0.5, 0.6) is 11.5 Å². The molecule has 0 unspecified atom stereocenters. The van der Waals surface area contributed by atoms with Crippen LogP contribution in [-0.2, 0) is 19.1 Å². The average molecular weight is 378 g/mol. The summed E-state index contributed by atoms with van der Waals surface area (Å²) in [5.41, 5.74) is 0. The van der Waals surface area contributed by atoms with Gasteiger partial charge in [-0.15, -0.1) is 0 Å². The van der Waals surface area contributed by atoms with Crippen LogP contribution in [0.4, 0.5) is 0 Å². The molecule has 0 bridgehead atoms. The molecule has 1 saturated carbocycles. The molecular formula is C21H30O6. The Labute approximate surface area is 161 Å². The van der Waals surface area contributed by atoms with Gasteiger partial charge in [0.15, 0.2) is 13.2 Å². The van der Waals surface area contributed by atoms with E-state index in [4.69, 9.17) is 18.9 Å². The van der Waals surface area contributed by atoms with E-state index in [0.29, 0.717) is 29.3 Å². The van der Waals surface area contributed by atoms with E-state index in [1.165, 1.54) is 0 Å². The van der Waals surface area contributed by atoms with E-state index in [9.17, 15) is 9.59 Å². The van der Waals surface area contributed by atoms with Gasteiger partial charge in [0.25, 0.3) is 0 Å². The molecule has 6 heteroatoms. The highest BCUT2D eigenvalue weighted by atomic mass is 16.6. The molecule has 0 amide bonds. The normalized spacial score (nSPS) is 22.2. The predicted octanol–water partition coefficient (Wildman–Crippen LogP) is 3.62. The van der Waals surface area contributed by atoms with Crippen LogP contribution in [0.25, 0.3) is 0 Å². The Bertz CT molecular complexity index is 610. The minimum absolute atomic E-state index is 0.101. The summed E-state index contributed by atoms with van der Waals surface area (Å²) >= 11 is 0. The summed E-state index contributed by atoms with van der Waals surface area (Å²) in [7, 11) is 1.57. The Morgan fingerprint density at radius 1 is 1.04 bits per heavy atom. The fourth-order valence-electron chi connectivity index (χ4n) is 3.45. The number of carbonyl (C=O) groups is 2. The predicted molar refractivity (Wildman–Crippen MR) is 101 cm³/mol. The van der Waals surface area contributed by atoms with E-state index >= 15 is 0 Å². The molecule has 1 fully saturated rings. The van der Waals surface area contributed by atoms with Crippen LogP contribution in [0.15, 0.2) is 24.3 Å². The maximum Gasteiger partial charge on any atom is 0.344 e. The van der Waals surface area contributed by atoms with Crippen molar-refractivity contribution in [3.8, 4) is 11.5 Å². The molecular weight excluding hydrogens is 348 g/mol. The second-order valence-corrected chi connectivity index (χ2v) is 7.48. The van der Waals surface area contributed by atoms with E-state index in [0.717, 1.165) is 19.3 Å². The molecule has 1 aliphatic carbocycles. The number of methoxy groups -OCH3 is 1. The van der Waals surface area contributed by atoms with Crippen molar-refractivity contribution in [2.75, 3.05) is 20.3 Å². The van der Waals surface area contributed by atoms with Crippen molar-refractivity contribution >= 4 is 11.9 Å². The first-order valence-corrected chi connectivity index (χ1v) is 9.51. The molecule has 0 saturated heterocycles. The van der Waals surface area contributed by atoms with Crippen LogP contribution in [-0.4, -0.2) is 38.4 Å². The topological polar surface area (TPSA) is 71.1 Å². The van der Waals surface area contributed by atoms with Crippen LogP contribution in [0.3, 0.4) is 0 Å². The molecule has 0 spiro atoms. The fraction of sp³-hybridized carbons (Fsp3) is 0.619. The standard InChI is InChI=1S/C21H30O6/c1-14(2)18-10-5-15(3)11-19(18)27-21(23)13-26-20(22)12-25-17-8-6-16(24-4)7-9-17/h6-9,14-15,18-19H,5,10-13H2,1-4H3/t15-,18-,19-/m1/s1. The van der Waals surface area contributed by atoms with Gasteiger partial charge in [-0.3, -0.25) is 0 Å². The molecule has 1 aliphatic rings. The molecule has 0 radical (unpaired) electrons. The van der Waals surface area contributed by atoms with Crippen molar-refractivity contribution in [3.63, 3.8) is 0 Å². The van der Waals surface area contributed by atoms with Gasteiger partial charge in [-0.25, -0.2) is 9.59 Å². The first-order valence-electron chi connectivity index (χ1n) is 9.51. The van der Waals surface area contributed by atoms with Crippen molar-refractivity contribution in [1.29, 1.82) is 0 Å². The fourth-order valence-corrected chi connectivity index (χ4v) is 3.45. The summed E-state index contributed by atoms with van der Waals surface area (Å²) in [5, 5.41) is 0. The summed E-state index contributed by atoms with van der Waals surface area (Å²) in [4.78, 5) is 23.9. The van der Waals surface area contributed by atoms with Crippen molar-refractivity contribution in [1.82, 2.24) is 0 Å². The highest BCUT2D eigenvalue weighted by Gasteiger charge is 2.33. The smallest absolute Gasteiger partial charge is 0.344 e. The van der Waals surface area contributed by atoms with E-state index in [-0.39, 0.29) is 19.3 Å². The van der Waals surface area contributed by atoms with E-state index in [1.807, 2.05) is 0 Å². The van der Waals surface area contributed by atoms with Gasteiger partial charge in [0.2, 0.25) is 0 Å². The minimum Gasteiger partial charge on any atom is -0.497 e. The lowest BCUT2D eigenvalue weighted by Gasteiger charge is -2.36. The third-order valence-electron chi connectivity index (χ3n) is 5.01. The van der Waals surface area contributed by atoms with Gasteiger partial charge in [0.05, 0.1) is 7.11 Å². The number of ether oxygens (including phenoxy) is 4. The molecule has 27 heavy (non-hydrogen) atoms. The molecule has 1 aromatic carbocycles.